The Balaban J connectivity index is 1.79. The number of thioether (sulfide) groups is 1. The van der Waals surface area contributed by atoms with Gasteiger partial charge in [-0.25, -0.2) is 15.0 Å². The summed E-state index contributed by atoms with van der Waals surface area (Å²) in [5, 5.41) is 11.1. The predicted molar refractivity (Wildman–Crippen MR) is 118 cm³/mol. The lowest BCUT2D eigenvalue weighted by Gasteiger charge is -2.29. The molecule has 8 heteroatoms. The number of hydrogen-bond donors (Lipinski definition) is 3. The maximum atomic E-state index is 12.1. The Bertz CT molecular complexity index is 674. The monoisotopic (exact) mass is 420 g/mol. The molecule has 160 valence electrons. The Hall–Kier alpha value is -2.22. The molecule has 0 heterocycles. The molecule has 1 fully saturated rings. The van der Waals surface area contributed by atoms with Gasteiger partial charge in [0.1, 0.15) is 0 Å². The molecule has 0 spiro atoms. The zero-order valence-corrected chi connectivity index (χ0v) is 18.3. The van der Waals surface area contributed by atoms with Crippen molar-refractivity contribution in [2.24, 2.45) is 11.0 Å². The van der Waals surface area contributed by atoms with Crippen LogP contribution in [-0.2, 0) is 11.3 Å². The van der Waals surface area contributed by atoms with E-state index in [4.69, 9.17) is 4.74 Å². The van der Waals surface area contributed by atoms with E-state index in [-0.39, 0.29) is 24.3 Å². The number of hydrogen-bond acceptors (Lipinski definition) is 5. The van der Waals surface area contributed by atoms with E-state index in [1.165, 1.54) is 0 Å². The summed E-state index contributed by atoms with van der Waals surface area (Å²) >= 11 is 1.66. The lowest BCUT2D eigenvalue weighted by Crippen LogP contribution is -2.40. The number of carbonyl (C=O) groups excluding carboxylic acids is 2. The van der Waals surface area contributed by atoms with Crippen LogP contribution in [0.3, 0.4) is 0 Å². The maximum Gasteiger partial charge on any atom is 0.407 e. The summed E-state index contributed by atoms with van der Waals surface area (Å²) in [5.74, 6) is 1.19. The summed E-state index contributed by atoms with van der Waals surface area (Å²) in [6, 6.07) is 9.58. The first-order valence-corrected chi connectivity index (χ1v) is 11.2. The van der Waals surface area contributed by atoms with Crippen molar-refractivity contribution in [1.29, 1.82) is 0 Å². The van der Waals surface area contributed by atoms with Crippen LogP contribution in [0.15, 0.2) is 35.4 Å². The summed E-state index contributed by atoms with van der Waals surface area (Å²) in [4.78, 5) is 23.8. The van der Waals surface area contributed by atoms with Crippen molar-refractivity contribution in [1.82, 2.24) is 16.1 Å². The van der Waals surface area contributed by atoms with E-state index in [0.29, 0.717) is 12.5 Å². The average molecular weight is 421 g/mol. The van der Waals surface area contributed by atoms with Crippen LogP contribution >= 0.6 is 11.8 Å². The number of benzene rings is 1. The molecule has 0 saturated heterocycles. The van der Waals surface area contributed by atoms with Gasteiger partial charge in [-0.05, 0) is 50.8 Å². The molecule has 0 bridgehead atoms. The van der Waals surface area contributed by atoms with E-state index in [9.17, 15) is 9.59 Å². The number of nitrogens with one attached hydrogen (secondary N) is 3. The quantitative estimate of drug-likeness (QED) is 0.349. The van der Waals surface area contributed by atoms with Crippen LogP contribution in [-0.4, -0.2) is 35.1 Å². The average Bonchev–Trinajstić information content (AvgIpc) is 2.70. The molecule has 1 saturated carbocycles. The Kier molecular flexibility index (Phi) is 9.83. The van der Waals surface area contributed by atoms with Gasteiger partial charge in [0, 0.05) is 18.5 Å². The van der Waals surface area contributed by atoms with Crippen LogP contribution in [0.25, 0.3) is 0 Å². The third kappa shape index (κ3) is 8.77. The molecule has 7 nitrogen and oxygen atoms in total. The number of carbonyl (C=O) groups is 2. The molecule has 0 aliphatic heterocycles. The van der Waals surface area contributed by atoms with Crippen molar-refractivity contribution in [3.05, 3.63) is 35.9 Å². The topological polar surface area (TPSA) is 91.8 Å². The van der Waals surface area contributed by atoms with E-state index in [1.54, 1.807) is 11.8 Å². The van der Waals surface area contributed by atoms with E-state index in [2.05, 4.69) is 28.1 Å². The number of ether oxygens (including phenoxy) is 1. The smallest absolute Gasteiger partial charge is 0.407 e. The first-order valence-electron chi connectivity index (χ1n) is 10.2. The van der Waals surface area contributed by atoms with Crippen LogP contribution in [0.5, 0.6) is 0 Å². The normalized spacial score (nSPS) is 19.5. The van der Waals surface area contributed by atoms with E-state index in [1.807, 2.05) is 44.2 Å². The molecule has 3 amide bonds. The van der Waals surface area contributed by atoms with Gasteiger partial charge in [0.05, 0.1) is 11.1 Å². The fourth-order valence-corrected chi connectivity index (χ4v) is 4.09. The number of hydrazone groups is 1. The second-order valence-corrected chi connectivity index (χ2v) is 8.59. The minimum absolute atomic E-state index is 0.120. The number of rotatable bonds is 7. The van der Waals surface area contributed by atoms with Gasteiger partial charge in [-0.1, -0.05) is 37.3 Å². The summed E-state index contributed by atoms with van der Waals surface area (Å²) in [6.45, 7) is 6.21. The molecule has 2 rings (SSSR count). The van der Waals surface area contributed by atoms with Gasteiger partial charge in [0.25, 0.3) is 0 Å². The van der Waals surface area contributed by atoms with Crippen molar-refractivity contribution >= 4 is 28.9 Å². The molecule has 1 aliphatic carbocycles. The van der Waals surface area contributed by atoms with Crippen LogP contribution in [0, 0.1) is 5.92 Å². The molecule has 0 aromatic heterocycles. The van der Waals surface area contributed by atoms with Gasteiger partial charge in [-0.2, -0.15) is 5.10 Å². The zero-order valence-electron chi connectivity index (χ0n) is 17.4. The SMILES string of the molecule is CCS/C(=N\NC(=O)NCc1ccccc1)C1CCC(NC(=O)OC(C)C)CC1. The molecule has 29 heavy (non-hydrogen) atoms. The largest absolute Gasteiger partial charge is 0.447 e. The summed E-state index contributed by atoms with van der Waals surface area (Å²) in [6.07, 6.45) is 3.13. The lowest BCUT2D eigenvalue weighted by molar-refractivity contribution is 0.109. The first-order chi connectivity index (χ1) is 14.0. The van der Waals surface area contributed by atoms with Gasteiger partial charge in [0.2, 0.25) is 0 Å². The zero-order chi connectivity index (χ0) is 21.1. The van der Waals surface area contributed by atoms with Crippen molar-refractivity contribution in [3.63, 3.8) is 0 Å². The molecule has 1 aliphatic rings. The van der Waals surface area contributed by atoms with Crippen LogP contribution < -0.4 is 16.1 Å². The Morgan fingerprint density at radius 3 is 2.48 bits per heavy atom. The number of alkyl carbamates (subject to hydrolysis) is 1. The fraction of sp³-hybridized carbons (Fsp3) is 0.571. The minimum Gasteiger partial charge on any atom is -0.447 e. The molecule has 3 N–H and O–H groups in total. The highest BCUT2D eigenvalue weighted by atomic mass is 32.2. The minimum atomic E-state index is -0.350. The highest BCUT2D eigenvalue weighted by molar-refractivity contribution is 8.13. The summed E-state index contributed by atoms with van der Waals surface area (Å²) in [5.41, 5.74) is 3.67. The van der Waals surface area contributed by atoms with Gasteiger partial charge in [0.15, 0.2) is 0 Å². The van der Waals surface area contributed by atoms with Crippen molar-refractivity contribution < 1.29 is 14.3 Å². The Morgan fingerprint density at radius 2 is 1.86 bits per heavy atom. The van der Waals surface area contributed by atoms with E-state index >= 15 is 0 Å². The molecule has 0 atom stereocenters. The predicted octanol–water partition coefficient (Wildman–Crippen LogP) is 4.25. The molecular formula is C21H32N4O3S. The van der Waals surface area contributed by atoms with E-state index < -0.39 is 0 Å². The second kappa shape index (κ2) is 12.4. The Labute approximate surface area is 177 Å². The first kappa shape index (κ1) is 23.1. The number of urea groups is 1. The number of amides is 3. The van der Waals surface area contributed by atoms with Crippen molar-refractivity contribution in [3.8, 4) is 0 Å². The van der Waals surface area contributed by atoms with Gasteiger partial charge < -0.3 is 15.4 Å². The summed E-state index contributed by atoms with van der Waals surface area (Å²) < 4.78 is 5.15. The highest BCUT2D eigenvalue weighted by Gasteiger charge is 2.26. The molecule has 1 aromatic rings. The third-order valence-electron chi connectivity index (χ3n) is 4.60. The van der Waals surface area contributed by atoms with Gasteiger partial charge >= 0.3 is 12.1 Å². The summed E-state index contributed by atoms with van der Waals surface area (Å²) in [7, 11) is 0. The van der Waals surface area contributed by atoms with Crippen molar-refractivity contribution in [2.45, 2.75) is 65.1 Å². The van der Waals surface area contributed by atoms with Crippen molar-refractivity contribution in [2.75, 3.05) is 5.75 Å². The third-order valence-corrected chi connectivity index (χ3v) is 5.61. The van der Waals surface area contributed by atoms with Crippen LogP contribution in [0.1, 0.15) is 52.0 Å². The standard InChI is InChI=1S/C21H32N4O3S/c1-4-29-19(24-25-20(26)22-14-16-8-6-5-7-9-16)17-10-12-18(13-11-17)23-21(27)28-15(2)3/h5-9,15,17-18H,4,10-14H2,1-3H3,(H,23,27)(H2,22,25,26)/b24-19-. The maximum absolute atomic E-state index is 12.1. The van der Waals surface area contributed by atoms with Gasteiger partial charge in [-0.15, -0.1) is 11.8 Å². The van der Waals surface area contributed by atoms with Gasteiger partial charge in [-0.3, -0.25) is 0 Å². The molecule has 1 aromatic carbocycles. The molecule has 0 unspecified atom stereocenters. The lowest BCUT2D eigenvalue weighted by atomic mass is 9.86. The fourth-order valence-electron chi connectivity index (χ4n) is 3.21. The highest BCUT2D eigenvalue weighted by Crippen LogP contribution is 2.29. The molecular weight excluding hydrogens is 388 g/mol. The Morgan fingerprint density at radius 1 is 1.17 bits per heavy atom. The van der Waals surface area contributed by atoms with Crippen LogP contribution in [0.4, 0.5) is 9.59 Å². The van der Waals surface area contributed by atoms with E-state index in [0.717, 1.165) is 42.0 Å². The number of nitrogens with zero attached hydrogens (tertiary/aromatic N) is 1. The molecule has 0 radical (unpaired) electrons. The van der Waals surface area contributed by atoms with Crippen LogP contribution in [0.2, 0.25) is 0 Å². The second-order valence-electron chi connectivity index (χ2n) is 7.31.